The molecule has 1 aromatic heterocycles. The molecule has 0 fully saturated rings. The molecule has 150 valence electrons. The molecular formula is C24H21N3O3. The number of carbonyl (C=O) groups is 2. The van der Waals surface area contributed by atoms with Gasteiger partial charge >= 0.3 is 0 Å². The summed E-state index contributed by atoms with van der Waals surface area (Å²) in [6.07, 6.45) is 4.77. The van der Waals surface area contributed by atoms with E-state index in [1.165, 1.54) is 11.1 Å². The van der Waals surface area contributed by atoms with Crippen molar-refractivity contribution in [2.75, 3.05) is 5.32 Å². The fraction of sp³-hybridized carbons (Fsp3) is 0.208. The Hall–Kier alpha value is -3.67. The van der Waals surface area contributed by atoms with Crippen molar-refractivity contribution in [2.24, 2.45) is 0 Å². The van der Waals surface area contributed by atoms with E-state index in [0.717, 1.165) is 30.5 Å². The van der Waals surface area contributed by atoms with Gasteiger partial charge in [0.2, 0.25) is 0 Å². The summed E-state index contributed by atoms with van der Waals surface area (Å²) in [7, 11) is 0. The number of hydrogen-bond acceptors (Lipinski definition) is 3. The Bertz CT molecular complexity index is 1270. The van der Waals surface area contributed by atoms with Crippen molar-refractivity contribution in [1.29, 1.82) is 0 Å². The fourth-order valence-corrected chi connectivity index (χ4v) is 4.40. The highest BCUT2D eigenvalue weighted by molar-refractivity contribution is 6.06. The summed E-state index contributed by atoms with van der Waals surface area (Å²) in [6, 6.07) is 13.0. The number of aromatic nitrogens is 1. The highest BCUT2D eigenvalue weighted by Crippen LogP contribution is 2.27. The number of amides is 2. The van der Waals surface area contributed by atoms with Crippen LogP contribution in [-0.2, 0) is 19.4 Å². The van der Waals surface area contributed by atoms with Crippen molar-refractivity contribution in [1.82, 2.24) is 9.88 Å². The number of pyridine rings is 1. The molecule has 2 N–H and O–H groups in total. The van der Waals surface area contributed by atoms with Gasteiger partial charge in [-0.2, -0.15) is 0 Å². The van der Waals surface area contributed by atoms with Gasteiger partial charge < -0.3 is 10.6 Å². The fourth-order valence-electron chi connectivity index (χ4n) is 4.40. The summed E-state index contributed by atoms with van der Waals surface area (Å²) in [5.74, 6) is -0.630. The second-order valence-electron chi connectivity index (χ2n) is 7.83. The van der Waals surface area contributed by atoms with Crippen molar-refractivity contribution >= 4 is 17.5 Å². The first-order chi connectivity index (χ1) is 14.5. The van der Waals surface area contributed by atoms with E-state index in [1.807, 2.05) is 18.2 Å². The molecule has 2 aromatic carbocycles. The lowest BCUT2D eigenvalue weighted by atomic mass is 10.1. The molecule has 2 aliphatic rings. The van der Waals surface area contributed by atoms with Crippen molar-refractivity contribution in [3.8, 4) is 5.69 Å². The van der Waals surface area contributed by atoms with E-state index in [9.17, 15) is 14.4 Å². The van der Waals surface area contributed by atoms with Crippen LogP contribution in [0.4, 0.5) is 5.69 Å². The standard InChI is InChI=1S/C24H21N3O3/c1-14-10-11-27(20-7-3-5-15-4-2-6-18(15)20)24(30)21(14)23(29)26-17-9-8-16-13-25-22(28)19(16)12-17/h3,5,7-12H,2,4,6,13H2,1H3,(H,25,28)(H,26,29). The molecule has 1 aliphatic heterocycles. The maximum atomic E-state index is 13.3. The number of rotatable bonds is 3. The highest BCUT2D eigenvalue weighted by Gasteiger charge is 2.22. The number of nitrogens with one attached hydrogen (secondary N) is 2. The topological polar surface area (TPSA) is 80.2 Å². The molecule has 6 heteroatoms. The molecule has 0 saturated heterocycles. The van der Waals surface area contributed by atoms with Gasteiger partial charge in [0.05, 0.1) is 5.69 Å². The predicted octanol–water partition coefficient (Wildman–Crippen LogP) is 3.13. The molecule has 0 spiro atoms. The van der Waals surface area contributed by atoms with Crippen LogP contribution in [0.3, 0.4) is 0 Å². The number of carbonyl (C=O) groups excluding carboxylic acids is 2. The van der Waals surface area contributed by atoms with Crippen molar-refractivity contribution in [2.45, 2.75) is 32.7 Å². The van der Waals surface area contributed by atoms with Crippen LogP contribution in [0.5, 0.6) is 0 Å². The lowest BCUT2D eigenvalue weighted by Gasteiger charge is -2.14. The first kappa shape index (κ1) is 18.4. The molecule has 3 aromatic rings. The average Bonchev–Trinajstić information content (AvgIpc) is 3.35. The van der Waals surface area contributed by atoms with Gasteiger partial charge in [0, 0.05) is 24.0 Å². The minimum atomic E-state index is -0.474. The lowest BCUT2D eigenvalue weighted by Crippen LogP contribution is -2.30. The second-order valence-corrected chi connectivity index (χ2v) is 7.83. The van der Waals surface area contributed by atoms with Crippen molar-refractivity contribution in [3.05, 3.63) is 92.4 Å². The van der Waals surface area contributed by atoms with Gasteiger partial charge in [-0.05, 0) is 72.7 Å². The highest BCUT2D eigenvalue weighted by atomic mass is 16.2. The molecule has 2 amide bonds. The monoisotopic (exact) mass is 399 g/mol. The van der Waals surface area contributed by atoms with Crippen LogP contribution in [0.1, 0.15) is 49.4 Å². The molecule has 30 heavy (non-hydrogen) atoms. The zero-order valence-electron chi connectivity index (χ0n) is 16.6. The van der Waals surface area contributed by atoms with Gasteiger partial charge in [-0.3, -0.25) is 19.0 Å². The molecule has 0 radical (unpaired) electrons. The molecule has 0 bridgehead atoms. The minimum Gasteiger partial charge on any atom is -0.348 e. The van der Waals surface area contributed by atoms with Crippen LogP contribution >= 0.6 is 0 Å². The zero-order chi connectivity index (χ0) is 20.8. The molecular weight excluding hydrogens is 378 g/mol. The predicted molar refractivity (Wildman–Crippen MR) is 114 cm³/mol. The Balaban J connectivity index is 1.53. The summed E-state index contributed by atoms with van der Waals surface area (Å²) >= 11 is 0. The number of nitrogens with zero attached hydrogens (tertiary/aromatic N) is 1. The van der Waals surface area contributed by atoms with Crippen LogP contribution in [0, 0.1) is 6.92 Å². The van der Waals surface area contributed by atoms with E-state index in [0.29, 0.717) is 23.4 Å². The maximum absolute atomic E-state index is 13.3. The molecule has 0 saturated carbocycles. The number of fused-ring (bicyclic) bond motifs is 2. The molecule has 5 rings (SSSR count). The van der Waals surface area contributed by atoms with Crippen LogP contribution in [0.15, 0.2) is 53.5 Å². The summed E-state index contributed by atoms with van der Waals surface area (Å²) in [5, 5.41) is 5.55. The van der Waals surface area contributed by atoms with Gasteiger partial charge in [-0.15, -0.1) is 0 Å². The summed E-state index contributed by atoms with van der Waals surface area (Å²) in [4.78, 5) is 38.2. The van der Waals surface area contributed by atoms with Crippen molar-refractivity contribution < 1.29 is 9.59 Å². The second kappa shape index (κ2) is 6.99. The lowest BCUT2D eigenvalue weighted by molar-refractivity contribution is 0.0964. The summed E-state index contributed by atoms with van der Waals surface area (Å²) in [5.41, 5.74) is 5.61. The third-order valence-corrected chi connectivity index (χ3v) is 5.96. The number of anilines is 1. The molecule has 2 heterocycles. The number of aryl methyl sites for hydroxylation is 2. The zero-order valence-corrected chi connectivity index (χ0v) is 16.6. The van der Waals surface area contributed by atoms with Crippen LogP contribution < -0.4 is 16.2 Å². The Morgan fingerprint density at radius 2 is 1.93 bits per heavy atom. The summed E-state index contributed by atoms with van der Waals surface area (Å²) in [6.45, 7) is 2.25. The minimum absolute atomic E-state index is 0.109. The molecule has 0 unspecified atom stereocenters. The molecule has 0 atom stereocenters. The maximum Gasteiger partial charge on any atom is 0.268 e. The van der Waals surface area contributed by atoms with Gasteiger partial charge in [-0.1, -0.05) is 18.2 Å². The van der Waals surface area contributed by atoms with E-state index < -0.39 is 5.91 Å². The smallest absolute Gasteiger partial charge is 0.268 e. The quantitative estimate of drug-likeness (QED) is 0.710. The normalized spacial score (nSPS) is 14.2. The largest absolute Gasteiger partial charge is 0.348 e. The van der Waals surface area contributed by atoms with Crippen LogP contribution in [-0.4, -0.2) is 16.4 Å². The Morgan fingerprint density at radius 1 is 1.07 bits per heavy atom. The SMILES string of the molecule is Cc1ccn(-c2cccc3c2CCC3)c(=O)c1C(=O)Nc1ccc2c(c1)C(=O)NC2. The third-order valence-electron chi connectivity index (χ3n) is 5.96. The van der Waals surface area contributed by atoms with E-state index in [1.54, 1.807) is 35.9 Å². The number of hydrogen-bond donors (Lipinski definition) is 2. The van der Waals surface area contributed by atoms with Gasteiger partial charge in [0.15, 0.2) is 0 Å². The number of benzene rings is 2. The van der Waals surface area contributed by atoms with Gasteiger partial charge in [-0.25, -0.2) is 0 Å². The van der Waals surface area contributed by atoms with E-state index in [2.05, 4.69) is 16.7 Å². The molecule has 1 aliphatic carbocycles. The van der Waals surface area contributed by atoms with Gasteiger partial charge in [0.25, 0.3) is 17.4 Å². The first-order valence-corrected chi connectivity index (χ1v) is 10.1. The average molecular weight is 399 g/mol. The van der Waals surface area contributed by atoms with Crippen LogP contribution in [0.2, 0.25) is 0 Å². The van der Waals surface area contributed by atoms with Crippen molar-refractivity contribution in [3.63, 3.8) is 0 Å². The Kier molecular flexibility index (Phi) is 4.28. The Labute approximate surface area is 173 Å². The van der Waals surface area contributed by atoms with E-state index >= 15 is 0 Å². The first-order valence-electron chi connectivity index (χ1n) is 10.1. The van der Waals surface area contributed by atoms with Gasteiger partial charge in [0.1, 0.15) is 5.56 Å². The summed E-state index contributed by atoms with van der Waals surface area (Å²) < 4.78 is 1.57. The van der Waals surface area contributed by atoms with Crippen LogP contribution in [0.25, 0.3) is 5.69 Å². The van der Waals surface area contributed by atoms with E-state index in [4.69, 9.17) is 0 Å². The van der Waals surface area contributed by atoms with E-state index in [-0.39, 0.29) is 17.0 Å². The third kappa shape index (κ3) is 2.92. The Morgan fingerprint density at radius 3 is 2.80 bits per heavy atom. The molecule has 6 nitrogen and oxygen atoms in total.